The van der Waals surface area contributed by atoms with Crippen LogP contribution in [0.15, 0.2) is 0 Å². The number of aliphatic hydroxyl groups is 1. The van der Waals surface area contributed by atoms with Crippen LogP contribution >= 0.6 is 0 Å². The predicted octanol–water partition coefficient (Wildman–Crippen LogP) is 0.267. The maximum absolute atomic E-state index is 11.8. The molecule has 2 unspecified atom stereocenters. The number of fused-ring (bicyclic) bond motifs is 1. The molecule has 0 spiro atoms. The van der Waals surface area contributed by atoms with Crippen molar-refractivity contribution < 1.29 is 13.5 Å². The average molecular weight is 285 g/mol. The van der Waals surface area contributed by atoms with E-state index >= 15 is 0 Å². The number of nitrogens with zero attached hydrogens (tertiary/aromatic N) is 3. The summed E-state index contributed by atoms with van der Waals surface area (Å²) in [6.07, 6.45) is 4.66. The van der Waals surface area contributed by atoms with E-state index in [0.29, 0.717) is 18.0 Å². The lowest BCUT2D eigenvalue weighted by molar-refractivity contribution is 0.194. The average Bonchev–Trinajstić information content (AvgIpc) is 2.92. The Balaban J connectivity index is 1.81. The minimum Gasteiger partial charge on any atom is -0.394 e. The van der Waals surface area contributed by atoms with Crippen molar-refractivity contribution in [3.8, 4) is 0 Å². The van der Waals surface area contributed by atoms with Crippen molar-refractivity contribution in [2.24, 2.45) is 0 Å². The topological polar surface area (TPSA) is 85.1 Å². The monoisotopic (exact) mass is 285 g/mol. The van der Waals surface area contributed by atoms with Gasteiger partial charge in [-0.2, -0.15) is 5.10 Å². The van der Waals surface area contributed by atoms with Crippen LogP contribution in [0.1, 0.15) is 43.4 Å². The Hall–Kier alpha value is -0.950. The van der Waals surface area contributed by atoms with E-state index < -0.39 is 9.84 Å². The van der Waals surface area contributed by atoms with Crippen molar-refractivity contribution in [1.29, 1.82) is 0 Å². The van der Waals surface area contributed by atoms with Gasteiger partial charge in [0.05, 0.1) is 23.7 Å². The van der Waals surface area contributed by atoms with Crippen LogP contribution in [0.5, 0.6) is 0 Å². The summed E-state index contributed by atoms with van der Waals surface area (Å²) < 4.78 is 25.4. The second-order valence-electron chi connectivity index (χ2n) is 5.45. The fourth-order valence-electron chi connectivity index (χ4n) is 3.03. The summed E-state index contributed by atoms with van der Waals surface area (Å²) in [7, 11) is -2.94. The molecule has 19 heavy (non-hydrogen) atoms. The van der Waals surface area contributed by atoms with Crippen LogP contribution in [0.4, 0.5) is 0 Å². The zero-order chi connectivity index (χ0) is 13.5. The second kappa shape index (κ2) is 4.86. The molecule has 1 aromatic rings. The van der Waals surface area contributed by atoms with E-state index in [0.717, 1.165) is 37.9 Å². The van der Waals surface area contributed by atoms with E-state index in [9.17, 15) is 13.5 Å². The van der Waals surface area contributed by atoms with Gasteiger partial charge in [-0.05, 0) is 25.7 Å². The Bertz CT molecular complexity index is 567. The fraction of sp³-hybridized carbons (Fsp3) is 0.833. The first-order valence-electron chi connectivity index (χ1n) is 6.87. The minimum atomic E-state index is -2.94. The van der Waals surface area contributed by atoms with E-state index in [2.05, 4.69) is 10.1 Å². The molecular weight excluding hydrogens is 266 g/mol. The van der Waals surface area contributed by atoms with E-state index in [1.165, 1.54) is 0 Å². The molecule has 106 valence electrons. The lowest BCUT2D eigenvalue weighted by atomic mass is 10.1. The highest BCUT2D eigenvalue weighted by Crippen LogP contribution is 2.26. The van der Waals surface area contributed by atoms with Crippen LogP contribution < -0.4 is 0 Å². The number of sulfone groups is 1. The van der Waals surface area contributed by atoms with Gasteiger partial charge in [0.25, 0.3) is 0 Å². The second-order valence-corrected chi connectivity index (χ2v) is 7.85. The Morgan fingerprint density at radius 3 is 2.84 bits per heavy atom. The summed E-state index contributed by atoms with van der Waals surface area (Å²) in [6, 6.07) is 0.00480. The lowest BCUT2D eigenvalue weighted by Crippen LogP contribution is -2.22. The van der Waals surface area contributed by atoms with Crippen molar-refractivity contribution in [3.05, 3.63) is 11.6 Å². The van der Waals surface area contributed by atoms with E-state index in [4.69, 9.17) is 0 Å². The van der Waals surface area contributed by atoms with Crippen LogP contribution in [-0.4, -0.2) is 45.9 Å². The molecule has 7 heteroatoms. The molecule has 0 amide bonds. The van der Waals surface area contributed by atoms with Gasteiger partial charge in [0.1, 0.15) is 5.82 Å². The van der Waals surface area contributed by atoms with Crippen LogP contribution in [-0.2, 0) is 22.7 Å². The first kappa shape index (κ1) is 13.1. The summed E-state index contributed by atoms with van der Waals surface area (Å²) in [4.78, 5) is 4.45. The molecule has 0 aliphatic carbocycles. The molecule has 1 N–H and O–H groups in total. The molecule has 0 bridgehead atoms. The highest BCUT2D eigenvalue weighted by Gasteiger charge is 2.33. The third kappa shape index (κ3) is 2.41. The highest BCUT2D eigenvalue weighted by atomic mass is 32.2. The summed E-state index contributed by atoms with van der Waals surface area (Å²) in [5.41, 5.74) is 0. The van der Waals surface area contributed by atoms with Gasteiger partial charge in [0.2, 0.25) is 0 Å². The molecule has 1 saturated heterocycles. The number of hydrogen-bond donors (Lipinski definition) is 1. The van der Waals surface area contributed by atoms with Crippen molar-refractivity contribution >= 4 is 9.84 Å². The summed E-state index contributed by atoms with van der Waals surface area (Å²) in [5, 5.41) is 13.4. The number of aryl methyl sites for hydroxylation is 1. The lowest BCUT2D eigenvalue weighted by Gasteiger charge is -2.20. The van der Waals surface area contributed by atoms with Crippen molar-refractivity contribution in [1.82, 2.24) is 14.8 Å². The molecule has 0 radical (unpaired) electrons. The van der Waals surface area contributed by atoms with Gasteiger partial charge in [-0.1, -0.05) is 0 Å². The van der Waals surface area contributed by atoms with Gasteiger partial charge in [0.15, 0.2) is 15.7 Å². The zero-order valence-electron chi connectivity index (χ0n) is 10.8. The Kier molecular flexibility index (Phi) is 3.34. The molecule has 6 nitrogen and oxygen atoms in total. The smallest absolute Gasteiger partial charge is 0.153 e. The number of hydrogen-bond acceptors (Lipinski definition) is 5. The predicted molar refractivity (Wildman–Crippen MR) is 69.6 cm³/mol. The molecule has 3 rings (SSSR count). The quantitative estimate of drug-likeness (QED) is 0.861. The summed E-state index contributed by atoms with van der Waals surface area (Å²) in [5.74, 6) is 1.80. The molecule has 3 heterocycles. The van der Waals surface area contributed by atoms with Crippen molar-refractivity contribution in [2.75, 3.05) is 12.4 Å². The first-order chi connectivity index (χ1) is 9.10. The van der Waals surface area contributed by atoms with Crippen molar-refractivity contribution in [2.45, 2.75) is 49.8 Å². The third-order valence-corrected chi connectivity index (χ3v) is 6.39. The van der Waals surface area contributed by atoms with Gasteiger partial charge in [0, 0.05) is 12.8 Å². The maximum atomic E-state index is 11.8. The molecule has 1 fully saturated rings. The van der Waals surface area contributed by atoms with Gasteiger partial charge in [-0.3, -0.25) is 0 Å². The Morgan fingerprint density at radius 2 is 2.16 bits per heavy atom. The molecule has 0 saturated carbocycles. The van der Waals surface area contributed by atoms with Crippen molar-refractivity contribution in [3.63, 3.8) is 0 Å². The van der Waals surface area contributed by atoms with Crippen LogP contribution in [0.25, 0.3) is 0 Å². The first-order valence-corrected chi connectivity index (χ1v) is 8.58. The maximum Gasteiger partial charge on any atom is 0.153 e. The van der Waals surface area contributed by atoms with E-state index in [-0.39, 0.29) is 17.9 Å². The van der Waals surface area contributed by atoms with Gasteiger partial charge < -0.3 is 5.11 Å². The number of rotatable bonds is 3. The standard InChI is InChI=1S/C12H19N3O3S/c16-8-9-3-1-5-12-13-11(14-15(9)12)7-10-4-2-6-19(10,17)18/h9-10,16H,1-8H2. The molecule has 1 aromatic heterocycles. The normalized spacial score (nSPS) is 29.3. The summed E-state index contributed by atoms with van der Waals surface area (Å²) >= 11 is 0. The van der Waals surface area contributed by atoms with Gasteiger partial charge in [-0.15, -0.1) is 0 Å². The number of aliphatic hydroxyl groups excluding tert-OH is 1. The minimum absolute atomic E-state index is 0.00480. The van der Waals surface area contributed by atoms with E-state index in [1.807, 2.05) is 0 Å². The fourth-order valence-corrected chi connectivity index (χ4v) is 4.86. The Labute approximate surface area is 112 Å². The van der Waals surface area contributed by atoms with Crippen LogP contribution in [0.2, 0.25) is 0 Å². The largest absolute Gasteiger partial charge is 0.394 e. The van der Waals surface area contributed by atoms with Crippen LogP contribution in [0, 0.1) is 0 Å². The van der Waals surface area contributed by atoms with Crippen LogP contribution in [0.3, 0.4) is 0 Å². The SMILES string of the molecule is O=S1(=O)CCCC1Cc1nc2n(n1)C(CO)CCC2. The molecule has 2 atom stereocenters. The van der Waals surface area contributed by atoms with Gasteiger partial charge >= 0.3 is 0 Å². The highest BCUT2D eigenvalue weighted by molar-refractivity contribution is 7.92. The van der Waals surface area contributed by atoms with E-state index in [1.54, 1.807) is 4.68 Å². The summed E-state index contributed by atoms with van der Waals surface area (Å²) in [6.45, 7) is 0.0670. The van der Waals surface area contributed by atoms with Gasteiger partial charge in [-0.25, -0.2) is 18.1 Å². The molecule has 2 aliphatic heterocycles. The zero-order valence-corrected chi connectivity index (χ0v) is 11.6. The Morgan fingerprint density at radius 1 is 1.32 bits per heavy atom. The molecular formula is C12H19N3O3S. The molecule has 2 aliphatic rings. The molecule has 0 aromatic carbocycles. The third-order valence-electron chi connectivity index (χ3n) is 4.11. The number of aromatic nitrogens is 3.